The van der Waals surface area contributed by atoms with Crippen molar-refractivity contribution in [3.05, 3.63) is 34.6 Å². The van der Waals surface area contributed by atoms with E-state index >= 15 is 0 Å². The molecule has 0 aromatic heterocycles. The zero-order valence-corrected chi connectivity index (χ0v) is 11.6. The van der Waals surface area contributed by atoms with E-state index in [1.807, 2.05) is 6.92 Å². The monoisotopic (exact) mass is 288 g/mol. The van der Waals surface area contributed by atoms with Crippen LogP contribution in [0.4, 0.5) is 4.39 Å². The summed E-state index contributed by atoms with van der Waals surface area (Å²) in [4.78, 5) is 11.4. The minimum absolute atomic E-state index is 0.110. The Hall–Kier alpha value is -1.13. The number of esters is 1. The third-order valence-corrected chi connectivity index (χ3v) is 3.03. The Balaban J connectivity index is 2.42. The van der Waals surface area contributed by atoms with E-state index in [1.54, 1.807) is 0 Å². The molecule has 1 rings (SSSR count). The Bertz CT molecular complexity index is 423. The summed E-state index contributed by atoms with van der Waals surface area (Å²) in [5.74, 6) is -0.800. The molecule has 3 nitrogen and oxygen atoms in total. The van der Waals surface area contributed by atoms with Crippen LogP contribution in [0.1, 0.15) is 44.3 Å². The van der Waals surface area contributed by atoms with Gasteiger partial charge < -0.3 is 9.84 Å². The van der Waals surface area contributed by atoms with E-state index in [0.717, 1.165) is 18.9 Å². The van der Waals surface area contributed by atoms with Gasteiger partial charge in [0.15, 0.2) is 0 Å². The van der Waals surface area contributed by atoms with Gasteiger partial charge in [-0.25, -0.2) is 4.39 Å². The molecule has 0 spiro atoms. The molecule has 0 bridgehead atoms. The van der Waals surface area contributed by atoms with Gasteiger partial charge in [-0.3, -0.25) is 4.79 Å². The van der Waals surface area contributed by atoms with Gasteiger partial charge in [-0.15, -0.1) is 0 Å². The average molecular weight is 289 g/mol. The zero-order chi connectivity index (χ0) is 14.3. The molecule has 1 aromatic rings. The lowest BCUT2D eigenvalue weighted by Gasteiger charge is -2.12. The maximum atomic E-state index is 12.9. The summed E-state index contributed by atoms with van der Waals surface area (Å²) in [6.45, 7) is 2.41. The van der Waals surface area contributed by atoms with Gasteiger partial charge in [-0.1, -0.05) is 31.0 Å². The molecule has 0 heterocycles. The number of ether oxygens (including phenoxy) is 1. The van der Waals surface area contributed by atoms with Crippen LogP contribution >= 0.6 is 11.6 Å². The first-order valence-corrected chi connectivity index (χ1v) is 6.71. The summed E-state index contributed by atoms with van der Waals surface area (Å²) in [6, 6.07) is 3.79. The number of carbonyl (C=O) groups is 1. The lowest BCUT2D eigenvalue weighted by atomic mass is 10.0. The van der Waals surface area contributed by atoms with Crippen molar-refractivity contribution in [3.8, 4) is 0 Å². The summed E-state index contributed by atoms with van der Waals surface area (Å²) in [5, 5.41) is 10.1. The van der Waals surface area contributed by atoms with E-state index in [2.05, 4.69) is 0 Å². The Morgan fingerprint density at radius 1 is 1.53 bits per heavy atom. The molecule has 1 unspecified atom stereocenters. The number of rotatable bonds is 7. The smallest absolute Gasteiger partial charge is 0.305 e. The molecule has 0 saturated heterocycles. The van der Waals surface area contributed by atoms with Gasteiger partial charge in [0, 0.05) is 11.4 Å². The normalized spacial score (nSPS) is 12.2. The van der Waals surface area contributed by atoms with Crippen LogP contribution in [0.15, 0.2) is 18.2 Å². The maximum Gasteiger partial charge on any atom is 0.305 e. The molecule has 0 saturated carbocycles. The quantitative estimate of drug-likeness (QED) is 0.615. The lowest BCUT2D eigenvalue weighted by molar-refractivity contribution is -0.144. The van der Waals surface area contributed by atoms with Crippen LogP contribution in [0.5, 0.6) is 0 Å². The van der Waals surface area contributed by atoms with Crippen LogP contribution in [-0.2, 0) is 9.53 Å². The highest BCUT2D eigenvalue weighted by Gasteiger charge is 2.14. The Kier molecular flexibility index (Phi) is 6.81. The number of carbonyl (C=O) groups excluding carboxylic acids is 1. The highest BCUT2D eigenvalue weighted by atomic mass is 35.5. The molecule has 0 fully saturated rings. The van der Waals surface area contributed by atoms with Crippen LogP contribution in [0.2, 0.25) is 5.02 Å². The first-order valence-electron chi connectivity index (χ1n) is 6.33. The fourth-order valence-electron chi connectivity index (χ4n) is 1.58. The lowest BCUT2D eigenvalue weighted by Crippen LogP contribution is -2.08. The zero-order valence-electron chi connectivity index (χ0n) is 10.9. The second-order valence-corrected chi connectivity index (χ2v) is 4.70. The van der Waals surface area contributed by atoms with E-state index in [-0.39, 0.29) is 23.8 Å². The summed E-state index contributed by atoms with van der Waals surface area (Å²) >= 11 is 5.83. The number of halogens is 2. The van der Waals surface area contributed by atoms with E-state index in [9.17, 15) is 14.3 Å². The molecule has 106 valence electrons. The van der Waals surface area contributed by atoms with Crippen molar-refractivity contribution < 1.29 is 19.0 Å². The third-order valence-electron chi connectivity index (χ3n) is 2.70. The van der Waals surface area contributed by atoms with E-state index in [4.69, 9.17) is 16.3 Å². The highest BCUT2D eigenvalue weighted by molar-refractivity contribution is 6.31. The van der Waals surface area contributed by atoms with Gasteiger partial charge in [0.1, 0.15) is 5.82 Å². The molecule has 0 radical (unpaired) electrons. The fourth-order valence-corrected chi connectivity index (χ4v) is 1.88. The first kappa shape index (κ1) is 15.9. The number of benzene rings is 1. The number of aliphatic hydroxyl groups excluding tert-OH is 1. The summed E-state index contributed by atoms with van der Waals surface area (Å²) in [6.07, 6.45) is 1.21. The molecular weight excluding hydrogens is 271 g/mol. The predicted octanol–water partition coefficient (Wildman–Crippen LogP) is 3.64. The minimum atomic E-state index is -0.896. The van der Waals surface area contributed by atoms with E-state index < -0.39 is 11.9 Å². The molecule has 5 heteroatoms. The van der Waals surface area contributed by atoms with Crippen LogP contribution in [0.3, 0.4) is 0 Å². The second-order valence-electron chi connectivity index (χ2n) is 4.29. The number of aliphatic hydroxyl groups is 1. The standard InChI is InChI=1S/C14H18ClFO3/c1-2-3-8-19-14(18)7-6-13(17)11-5-4-10(16)9-12(11)15/h4-5,9,13,17H,2-3,6-8H2,1H3. The van der Waals surface area contributed by atoms with Crippen molar-refractivity contribution in [2.24, 2.45) is 0 Å². The minimum Gasteiger partial charge on any atom is -0.466 e. The SMILES string of the molecule is CCCCOC(=O)CCC(O)c1ccc(F)cc1Cl. The predicted molar refractivity (Wildman–Crippen MR) is 71.5 cm³/mol. The van der Waals surface area contributed by atoms with Gasteiger partial charge in [0.05, 0.1) is 12.7 Å². The van der Waals surface area contributed by atoms with Crippen LogP contribution in [0, 0.1) is 5.82 Å². The van der Waals surface area contributed by atoms with Crippen LogP contribution < -0.4 is 0 Å². The van der Waals surface area contributed by atoms with Crippen LogP contribution in [0.25, 0.3) is 0 Å². The molecule has 0 aliphatic rings. The van der Waals surface area contributed by atoms with Gasteiger partial charge in [-0.05, 0) is 30.5 Å². The summed E-state index contributed by atoms with van der Waals surface area (Å²) in [7, 11) is 0. The van der Waals surface area contributed by atoms with Crippen molar-refractivity contribution in [1.82, 2.24) is 0 Å². The van der Waals surface area contributed by atoms with Gasteiger partial charge in [-0.2, -0.15) is 0 Å². The Labute approximate surface area is 117 Å². The van der Waals surface area contributed by atoms with Crippen molar-refractivity contribution in [3.63, 3.8) is 0 Å². The van der Waals surface area contributed by atoms with E-state index in [0.29, 0.717) is 12.2 Å². The topological polar surface area (TPSA) is 46.5 Å². The van der Waals surface area contributed by atoms with Crippen LogP contribution in [-0.4, -0.2) is 17.7 Å². The molecule has 1 aromatic carbocycles. The van der Waals surface area contributed by atoms with Gasteiger partial charge >= 0.3 is 5.97 Å². The first-order chi connectivity index (χ1) is 9.04. The third kappa shape index (κ3) is 5.57. The average Bonchev–Trinajstić information content (AvgIpc) is 2.36. The Morgan fingerprint density at radius 3 is 2.89 bits per heavy atom. The molecule has 0 aliphatic carbocycles. The number of hydrogen-bond donors (Lipinski definition) is 1. The van der Waals surface area contributed by atoms with Crippen molar-refractivity contribution in [1.29, 1.82) is 0 Å². The second kappa shape index (κ2) is 8.12. The largest absolute Gasteiger partial charge is 0.466 e. The highest BCUT2D eigenvalue weighted by Crippen LogP contribution is 2.26. The molecule has 1 atom stereocenters. The van der Waals surface area contributed by atoms with Crippen molar-refractivity contribution in [2.75, 3.05) is 6.61 Å². The molecule has 0 amide bonds. The molecule has 1 N–H and O–H groups in total. The number of hydrogen-bond acceptors (Lipinski definition) is 3. The molecule has 19 heavy (non-hydrogen) atoms. The van der Waals surface area contributed by atoms with Gasteiger partial charge in [0.2, 0.25) is 0 Å². The fraction of sp³-hybridized carbons (Fsp3) is 0.500. The Morgan fingerprint density at radius 2 is 2.26 bits per heavy atom. The maximum absolute atomic E-state index is 12.9. The summed E-state index contributed by atoms with van der Waals surface area (Å²) in [5.41, 5.74) is 0.421. The van der Waals surface area contributed by atoms with E-state index in [1.165, 1.54) is 12.1 Å². The van der Waals surface area contributed by atoms with Crippen molar-refractivity contribution >= 4 is 17.6 Å². The molecular formula is C14H18ClFO3. The van der Waals surface area contributed by atoms with Crippen molar-refractivity contribution in [2.45, 2.75) is 38.7 Å². The number of unbranched alkanes of at least 4 members (excludes halogenated alkanes) is 1. The summed E-state index contributed by atoms with van der Waals surface area (Å²) < 4.78 is 17.8. The molecule has 0 aliphatic heterocycles. The van der Waals surface area contributed by atoms with Gasteiger partial charge in [0.25, 0.3) is 0 Å².